The van der Waals surface area contributed by atoms with E-state index in [0.717, 1.165) is 52.9 Å². The van der Waals surface area contributed by atoms with Gasteiger partial charge in [0.2, 0.25) is 0 Å². The van der Waals surface area contributed by atoms with E-state index in [2.05, 4.69) is 9.47 Å². The molecule has 4 heterocycles. The zero-order valence-electron chi connectivity index (χ0n) is 22.6. The van der Waals surface area contributed by atoms with Crippen LogP contribution in [0.4, 0.5) is 0 Å². The normalized spacial score (nSPS) is 18.8. The number of hydrogen-bond donors (Lipinski definition) is 0. The molecule has 0 aromatic heterocycles. The largest absolute Gasteiger partial charge is 1.00 e. The third-order valence-corrected chi connectivity index (χ3v) is 4.40. The molecule has 0 bridgehead atoms. The Morgan fingerprint density at radius 2 is 0.971 bits per heavy atom. The Morgan fingerprint density at radius 3 is 1.17 bits per heavy atom. The van der Waals surface area contributed by atoms with Crippen molar-refractivity contribution in [2.24, 2.45) is 0 Å². The second kappa shape index (κ2) is 31.8. The first kappa shape index (κ1) is 39.3. The minimum absolute atomic E-state index is 0. The van der Waals surface area contributed by atoms with E-state index >= 15 is 0 Å². The van der Waals surface area contributed by atoms with Gasteiger partial charge in [-0.15, -0.1) is 0 Å². The van der Waals surface area contributed by atoms with E-state index in [0.29, 0.717) is 6.08 Å². The maximum atomic E-state index is 10.9. The van der Waals surface area contributed by atoms with Crippen LogP contribution in [-0.2, 0) is 33.2 Å². The molecule has 0 spiro atoms. The maximum Gasteiger partial charge on any atom is 1.00 e. The monoisotopic (exact) mass is 490 g/mol. The second-order valence-corrected chi connectivity index (χ2v) is 7.37. The smallest absolute Gasteiger partial charge is 0.841 e. The molecule has 0 aromatic rings. The van der Waals surface area contributed by atoms with Crippen LogP contribution in [0.2, 0.25) is 0 Å². The molecule has 4 saturated heterocycles. The third-order valence-electron chi connectivity index (χ3n) is 4.40. The van der Waals surface area contributed by atoms with Crippen LogP contribution in [0.25, 0.3) is 0 Å². The molecule has 11 heteroatoms. The van der Waals surface area contributed by atoms with Crippen molar-refractivity contribution in [3.63, 3.8) is 0 Å². The SMILES string of the molecule is C1CCOC1.C1CCOC1.C1CCOC1.C1CCOC1.CCOC(=O)[C@@H]([O-])/C=C(\[O-])OCC.[Li+].[Li+]. The zero-order valence-corrected chi connectivity index (χ0v) is 22.6. The van der Waals surface area contributed by atoms with Crippen molar-refractivity contribution in [1.82, 2.24) is 0 Å². The van der Waals surface area contributed by atoms with Crippen LogP contribution in [-0.4, -0.2) is 78.1 Å². The summed E-state index contributed by atoms with van der Waals surface area (Å²) in [5, 5.41) is 21.5. The Morgan fingerprint density at radius 1 is 0.686 bits per heavy atom. The fourth-order valence-electron chi connectivity index (χ4n) is 2.65. The van der Waals surface area contributed by atoms with Gasteiger partial charge in [0.25, 0.3) is 5.97 Å². The molecule has 0 radical (unpaired) electrons. The molecule has 4 rings (SSSR count). The van der Waals surface area contributed by atoms with Crippen molar-refractivity contribution in [1.29, 1.82) is 0 Å². The van der Waals surface area contributed by atoms with Crippen LogP contribution in [0, 0.1) is 0 Å². The number of ether oxygens (including phenoxy) is 6. The summed E-state index contributed by atoms with van der Waals surface area (Å²) >= 11 is 0. The van der Waals surface area contributed by atoms with Gasteiger partial charge in [-0.25, -0.2) is 0 Å². The van der Waals surface area contributed by atoms with Crippen molar-refractivity contribution in [3.05, 3.63) is 12.0 Å². The Balaban J connectivity index is -0.000000388. The summed E-state index contributed by atoms with van der Waals surface area (Å²) in [6, 6.07) is 0. The van der Waals surface area contributed by atoms with Gasteiger partial charge in [-0.2, -0.15) is 0 Å². The topological polar surface area (TPSA) is 119 Å². The van der Waals surface area contributed by atoms with Gasteiger partial charge in [0.1, 0.15) is 0 Å². The van der Waals surface area contributed by atoms with E-state index < -0.39 is 18.0 Å². The molecule has 1 atom stereocenters. The predicted molar refractivity (Wildman–Crippen MR) is 120 cm³/mol. The van der Waals surface area contributed by atoms with Gasteiger partial charge >= 0.3 is 37.7 Å². The summed E-state index contributed by atoms with van der Waals surface area (Å²) in [6.45, 7) is 11.5. The quantitative estimate of drug-likeness (QED) is 0.214. The van der Waals surface area contributed by atoms with Crippen LogP contribution in [0.3, 0.4) is 0 Å². The molecule has 35 heavy (non-hydrogen) atoms. The number of carbonyl (C=O) groups is 1. The number of hydrogen-bond acceptors (Lipinski definition) is 9. The van der Waals surface area contributed by atoms with Gasteiger partial charge < -0.3 is 38.6 Å². The van der Waals surface area contributed by atoms with E-state index in [-0.39, 0.29) is 50.9 Å². The van der Waals surface area contributed by atoms with E-state index in [9.17, 15) is 15.0 Å². The zero-order chi connectivity index (χ0) is 24.4. The Kier molecular flexibility index (Phi) is 35.8. The number of esters is 1. The van der Waals surface area contributed by atoms with E-state index in [1.807, 2.05) is 0 Å². The fraction of sp³-hybridized carbons (Fsp3) is 0.875. The van der Waals surface area contributed by atoms with Gasteiger partial charge in [-0.05, 0) is 71.0 Å². The Hall–Kier alpha value is -0.195. The van der Waals surface area contributed by atoms with Gasteiger partial charge in [-0.1, -0.05) is 13.0 Å². The van der Waals surface area contributed by atoms with Gasteiger partial charge in [0.15, 0.2) is 0 Å². The van der Waals surface area contributed by atoms with Crippen molar-refractivity contribution in [3.8, 4) is 0 Å². The van der Waals surface area contributed by atoms with E-state index in [1.165, 1.54) is 51.4 Å². The summed E-state index contributed by atoms with van der Waals surface area (Å²) < 4.78 is 28.6. The fourth-order valence-corrected chi connectivity index (χ4v) is 2.65. The molecule has 0 unspecified atom stereocenters. The van der Waals surface area contributed by atoms with Crippen LogP contribution in [0.5, 0.6) is 0 Å². The standard InChI is InChI=1S/C8H13O5.4C4H8O.2Li/c1-3-12-7(10)5-6(9)8(11)13-4-2;4*1-2-4-5-3-1;;/h5-6,10H,3-4H2,1-2H3;4*1-4H2;;/q-1;;;;;2*+1/p-1/b7-5+;;;;;;/t6-;;;;;;/m0....../s1. The van der Waals surface area contributed by atoms with E-state index in [1.54, 1.807) is 13.8 Å². The predicted octanol–water partition coefficient (Wildman–Crippen LogP) is -4.29. The van der Waals surface area contributed by atoms with Crippen molar-refractivity contribution in [2.45, 2.75) is 71.3 Å². The molecule has 0 aliphatic carbocycles. The van der Waals surface area contributed by atoms with Gasteiger partial charge in [0.05, 0.1) is 6.61 Å². The first-order valence-corrected chi connectivity index (χ1v) is 12.3. The molecule has 196 valence electrons. The molecule has 4 aliphatic heterocycles. The Bertz CT molecular complexity index is 382. The van der Waals surface area contributed by atoms with E-state index in [4.69, 9.17) is 18.9 Å². The summed E-state index contributed by atoms with van der Waals surface area (Å²) in [5.41, 5.74) is 0. The van der Waals surface area contributed by atoms with Crippen LogP contribution >= 0.6 is 0 Å². The average Bonchev–Trinajstić information content (AvgIpc) is 3.68. The maximum absolute atomic E-state index is 10.9. The molecule has 0 amide bonds. The molecule has 0 N–H and O–H groups in total. The second-order valence-electron chi connectivity index (χ2n) is 7.37. The summed E-state index contributed by atoms with van der Waals surface area (Å²) in [4.78, 5) is 10.7. The molecular formula is C24H44Li2O9. The van der Waals surface area contributed by atoms with Gasteiger partial charge in [-0.3, -0.25) is 4.79 Å². The minimum Gasteiger partial charge on any atom is -0.841 e. The third kappa shape index (κ3) is 29.9. The molecule has 0 aromatic carbocycles. The van der Waals surface area contributed by atoms with Gasteiger partial charge in [0, 0.05) is 58.8 Å². The first-order chi connectivity index (χ1) is 16.1. The van der Waals surface area contributed by atoms with Crippen LogP contribution in [0.15, 0.2) is 12.0 Å². The molecular weight excluding hydrogens is 446 g/mol. The molecule has 4 fully saturated rings. The first-order valence-electron chi connectivity index (χ1n) is 12.3. The number of carbonyl (C=O) groups excluding carboxylic acids is 1. The summed E-state index contributed by atoms with van der Waals surface area (Å²) in [7, 11) is 0. The molecule has 0 saturated carbocycles. The minimum atomic E-state index is -1.79. The summed E-state index contributed by atoms with van der Waals surface area (Å²) in [5.74, 6) is -1.76. The average molecular weight is 490 g/mol. The van der Waals surface area contributed by atoms with Crippen LogP contribution < -0.4 is 47.9 Å². The molecule has 4 aliphatic rings. The van der Waals surface area contributed by atoms with Crippen molar-refractivity contribution >= 4 is 5.97 Å². The van der Waals surface area contributed by atoms with Crippen molar-refractivity contribution in [2.75, 3.05) is 66.1 Å². The molecule has 9 nitrogen and oxygen atoms in total. The Labute approximate surface area is 235 Å². The summed E-state index contributed by atoms with van der Waals surface area (Å²) in [6.07, 6.45) is 9.08. The van der Waals surface area contributed by atoms with Crippen LogP contribution in [0.1, 0.15) is 65.2 Å². The van der Waals surface area contributed by atoms with Crippen molar-refractivity contribution < 1.29 is 81.1 Å². The number of rotatable bonds is 5.